The average Bonchev–Trinajstić information content (AvgIpc) is 3.05. The first-order valence-corrected chi connectivity index (χ1v) is 18.2. The van der Waals surface area contributed by atoms with Crippen molar-refractivity contribution in [2.24, 2.45) is 22.9 Å². The van der Waals surface area contributed by atoms with Crippen molar-refractivity contribution in [1.29, 1.82) is 5.41 Å². The number of nitrogens with one attached hydrogen (secondary N) is 6. The lowest BCUT2D eigenvalue weighted by Crippen LogP contribution is -2.58. The average molecular weight is 727 g/mol. The van der Waals surface area contributed by atoms with E-state index in [0.29, 0.717) is 25.8 Å². The smallest absolute Gasteiger partial charge is 0.326 e. The van der Waals surface area contributed by atoms with E-state index in [-0.39, 0.29) is 25.3 Å². The second kappa shape index (κ2) is 23.3. The van der Waals surface area contributed by atoms with Gasteiger partial charge in [0.15, 0.2) is 5.96 Å². The van der Waals surface area contributed by atoms with Gasteiger partial charge in [-0.15, -0.1) is 0 Å². The minimum atomic E-state index is -1.53. The molecule has 0 fully saturated rings. The number of guanidine groups is 1. The van der Waals surface area contributed by atoms with Crippen LogP contribution in [0, 0.1) is 5.41 Å². The van der Waals surface area contributed by atoms with Gasteiger partial charge in [0.1, 0.15) is 30.2 Å². The predicted octanol–water partition coefficient (Wildman–Crippen LogP) is -1.23. The molecular formula is C30H50N10O7S2. The number of aliphatic carboxylic acids is 1. The van der Waals surface area contributed by atoms with Crippen molar-refractivity contribution in [3.8, 4) is 0 Å². The van der Waals surface area contributed by atoms with Crippen LogP contribution in [0.5, 0.6) is 0 Å². The number of carbonyl (C=O) groups is 6. The van der Waals surface area contributed by atoms with Crippen molar-refractivity contribution < 1.29 is 33.9 Å². The molecule has 0 bridgehead atoms. The molecule has 0 aliphatic heterocycles. The van der Waals surface area contributed by atoms with Gasteiger partial charge in [-0.1, -0.05) is 58.8 Å². The summed E-state index contributed by atoms with van der Waals surface area (Å²) in [5, 5.41) is 28.9. The van der Waals surface area contributed by atoms with Gasteiger partial charge >= 0.3 is 5.97 Å². The Morgan fingerprint density at radius 1 is 0.837 bits per heavy atom. The molecule has 0 aliphatic carbocycles. The quantitative estimate of drug-likeness (QED) is 0.0258. The highest BCUT2D eigenvalue weighted by Gasteiger charge is 2.33. The van der Waals surface area contributed by atoms with Crippen LogP contribution in [0.2, 0.25) is 0 Å². The highest BCUT2D eigenvalue weighted by molar-refractivity contribution is 8.76. The molecule has 0 heterocycles. The molecule has 0 aromatic heterocycles. The summed E-state index contributed by atoms with van der Waals surface area (Å²) in [7, 11) is 2.97. The standard InChI is InChI=1S/C30H50N10O7S2/c1-3-48-49-24(18-10-5-4-6-11-18)23(33)28(45)38-19(13-9-15-36-30(34)35)26(43)37-17(2)25(42)40-21(16-22(32)41)27(44)39-20(29(46)47)12-7-8-14-31/h4-6,10-11,17,19-21,23-24H,3,7-9,12-16,31,33H2,1-2H3,(H2,32,41)(H,37,43)(H,38,45)(H,39,44)(H,40,42)(H,46,47)(H4,34,35,36)/t17-,19+,20-,21+,23-,24-/m0/s1. The van der Waals surface area contributed by atoms with Crippen molar-refractivity contribution in [1.82, 2.24) is 26.6 Å². The SMILES string of the molecule is CCSS[C@@H](c1ccccc1)[C@H](N)C(=O)N[C@H](CCCNC(=N)N)C(=O)N[C@@H](C)C(=O)N[C@H](CC(N)=O)C(=O)N[C@@H](CCCCN)C(=O)O. The minimum absolute atomic E-state index is 0.0723. The van der Waals surface area contributed by atoms with E-state index in [4.69, 9.17) is 28.3 Å². The molecule has 274 valence electrons. The van der Waals surface area contributed by atoms with Gasteiger partial charge in [0.25, 0.3) is 0 Å². The number of hydrogen-bond donors (Lipinski definition) is 11. The maximum Gasteiger partial charge on any atom is 0.326 e. The van der Waals surface area contributed by atoms with Gasteiger partial charge in [-0.2, -0.15) is 0 Å². The summed E-state index contributed by atoms with van der Waals surface area (Å²) in [5.74, 6) is -4.90. The van der Waals surface area contributed by atoms with Gasteiger partial charge in [0.2, 0.25) is 29.5 Å². The van der Waals surface area contributed by atoms with Gasteiger partial charge in [-0.3, -0.25) is 29.4 Å². The molecule has 6 atom stereocenters. The van der Waals surface area contributed by atoms with E-state index in [1.54, 1.807) is 0 Å². The summed E-state index contributed by atoms with van der Waals surface area (Å²) in [5.41, 5.74) is 23.3. The number of benzene rings is 1. The lowest BCUT2D eigenvalue weighted by atomic mass is 10.0. The molecule has 0 saturated carbocycles. The summed E-state index contributed by atoms with van der Waals surface area (Å²) >= 11 is 0. The van der Waals surface area contributed by atoms with E-state index in [9.17, 15) is 33.9 Å². The van der Waals surface area contributed by atoms with Crippen LogP contribution in [-0.2, 0) is 28.8 Å². The third-order valence-electron chi connectivity index (χ3n) is 7.02. The number of carboxylic acids is 1. The summed E-state index contributed by atoms with van der Waals surface area (Å²) in [6, 6.07) is 2.93. The number of hydrogen-bond acceptors (Lipinski definition) is 11. The van der Waals surface area contributed by atoms with Crippen LogP contribution in [-0.4, -0.2) is 95.6 Å². The minimum Gasteiger partial charge on any atom is -0.480 e. The summed E-state index contributed by atoms with van der Waals surface area (Å²) in [4.78, 5) is 76.2. The predicted molar refractivity (Wildman–Crippen MR) is 190 cm³/mol. The highest BCUT2D eigenvalue weighted by Crippen LogP contribution is 2.39. The molecule has 0 saturated heterocycles. The van der Waals surface area contributed by atoms with Gasteiger partial charge in [0, 0.05) is 12.3 Å². The largest absolute Gasteiger partial charge is 0.480 e. The zero-order valence-corrected chi connectivity index (χ0v) is 29.4. The van der Waals surface area contributed by atoms with Gasteiger partial charge in [0.05, 0.1) is 11.7 Å². The normalized spacial score (nSPS) is 14.5. The van der Waals surface area contributed by atoms with Crippen LogP contribution in [0.4, 0.5) is 0 Å². The van der Waals surface area contributed by atoms with E-state index in [1.807, 2.05) is 37.3 Å². The molecule has 5 amide bonds. The Morgan fingerprint density at radius 3 is 2.00 bits per heavy atom. The first-order valence-electron chi connectivity index (χ1n) is 15.8. The summed E-state index contributed by atoms with van der Waals surface area (Å²) in [6.45, 7) is 3.85. The second-order valence-electron chi connectivity index (χ2n) is 11.0. The van der Waals surface area contributed by atoms with E-state index in [1.165, 1.54) is 28.5 Å². The van der Waals surface area contributed by atoms with E-state index >= 15 is 0 Å². The van der Waals surface area contributed by atoms with Crippen LogP contribution in [0.3, 0.4) is 0 Å². The van der Waals surface area contributed by atoms with Crippen LogP contribution < -0.4 is 49.5 Å². The Morgan fingerprint density at radius 2 is 1.43 bits per heavy atom. The molecule has 17 nitrogen and oxygen atoms in total. The topological polar surface area (TPSA) is 311 Å². The zero-order chi connectivity index (χ0) is 36.9. The Labute approximate surface area is 293 Å². The lowest BCUT2D eigenvalue weighted by Gasteiger charge is -2.27. The Bertz CT molecular complexity index is 1260. The van der Waals surface area contributed by atoms with Crippen LogP contribution in [0.15, 0.2) is 30.3 Å². The number of nitrogens with two attached hydrogens (primary N) is 4. The zero-order valence-electron chi connectivity index (χ0n) is 27.7. The van der Waals surface area contributed by atoms with E-state index in [0.717, 1.165) is 11.3 Å². The van der Waals surface area contributed by atoms with Gasteiger partial charge in [-0.05, 0) is 51.1 Å². The number of carbonyl (C=O) groups excluding carboxylic acids is 5. The Hall–Kier alpha value is -4.07. The molecule has 49 heavy (non-hydrogen) atoms. The third kappa shape index (κ3) is 16.7. The van der Waals surface area contributed by atoms with Crippen molar-refractivity contribution in [2.45, 2.75) is 87.8 Å². The number of unbranched alkanes of at least 4 members (excludes halogenated alkanes) is 1. The molecule has 0 unspecified atom stereocenters. The van der Waals surface area contributed by atoms with Crippen molar-refractivity contribution in [3.05, 3.63) is 35.9 Å². The fourth-order valence-electron chi connectivity index (χ4n) is 4.42. The molecular weight excluding hydrogens is 677 g/mol. The maximum absolute atomic E-state index is 13.4. The van der Waals surface area contributed by atoms with Crippen molar-refractivity contribution >= 4 is 63.1 Å². The molecule has 0 spiro atoms. The first-order chi connectivity index (χ1) is 23.2. The molecule has 0 radical (unpaired) electrons. The molecule has 1 aromatic rings. The van der Waals surface area contributed by atoms with E-state index in [2.05, 4.69) is 26.6 Å². The van der Waals surface area contributed by atoms with Gasteiger partial charge < -0.3 is 54.6 Å². The van der Waals surface area contributed by atoms with Crippen molar-refractivity contribution in [2.75, 3.05) is 18.8 Å². The van der Waals surface area contributed by atoms with Crippen LogP contribution >= 0.6 is 21.6 Å². The number of primary amides is 1. The fourth-order valence-corrected chi connectivity index (χ4v) is 6.75. The highest BCUT2D eigenvalue weighted by atomic mass is 33.1. The maximum atomic E-state index is 13.4. The lowest BCUT2D eigenvalue weighted by molar-refractivity contribution is -0.142. The van der Waals surface area contributed by atoms with Gasteiger partial charge in [-0.25, -0.2) is 4.79 Å². The monoisotopic (exact) mass is 726 g/mol. The van der Waals surface area contributed by atoms with Crippen LogP contribution in [0.1, 0.15) is 63.2 Å². The number of carboxylic acid groups (broad SMARTS) is 1. The second-order valence-corrected chi connectivity index (χ2v) is 13.8. The first kappa shape index (κ1) is 43.0. The number of amides is 5. The molecule has 19 heteroatoms. The molecule has 15 N–H and O–H groups in total. The van der Waals surface area contributed by atoms with E-state index < -0.39 is 77.4 Å². The molecule has 0 aliphatic rings. The fraction of sp³-hybridized carbons (Fsp3) is 0.567. The Balaban J connectivity index is 3.08. The van der Waals surface area contributed by atoms with Crippen LogP contribution in [0.25, 0.3) is 0 Å². The number of rotatable bonds is 24. The molecule has 1 rings (SSSR count). The molecule has 1 aromatic carbocycles. The van der Waals surface area contributed by atoms with Crippen molar-refractivity contribution in [3.63, 3.8) is 0 Å². The summed E-state index contributed by atoms with van der Waals surface area (Å²) in [6.07, 6.45) is 0.767. The third-order valence-corrected chi connectivity index (χ3v) is 9.90. The summed E-state index contributed by atoms with van der Waals surface area (Å²) < 4.78 is 0. The Kier molecular flexibility index (Phi) is 20.4.